The highest BCUT2D eigenvalue weighted by Gasteiger charge is 2.28. The molecule has 1 heterocycles. The molecular formula is C24H18N2O4. The van der Waals surface area contributed by atoms with E-state index in [-0.39, 0.29) is 5.69 Å². The summed E-state index contributed by atoms with van der Waals surface area (Å²) in [6.07, 6.45) is 1.27. The molecule has 1 unspecified atom stereocenters. The van der Waals surface area contributed by atoms with Gasteiger partial charge in [-0.1, -0.05) is 84.9 Å². The van der Waals surface area contributed by atoms with Gasteiger partial charge in [0.1, 0.15) is 0 Å². The third-order valence-electron chi connectivity index (χ3n) is 4.93. The molecule has 0 fully saturated rings. The van der Waals surface area contributed by atoms with E-state index < -0.39 is 23.7 Å². The predicted molar refractivity (Wildman–Crippen MR) is 112 cm³/mol. The van der Waals surface area contributed by atoms with Crippen LogP contribution in [0.15, 0.2) is 91.3 Å². The van der Waals surface area contributed by atoms with Crippen LogP contribution in [-0.4, -0.2) is 31.7 Å². The Bertz CT molecular complexity index is 1180. The first kappa shape index (κ1) is 19.1. The van der Waals surface area contributed by atoms with Gasteiger partial charge in [0.25, 0.3) is 0 Å². The Labute approximate surface area is 172 Å². The van der Waals surface area contributed by atoms with Gasteiger partial charge in [0.05, 0.1) is 12.4 Å². The maximum atomic E-state index is 11.9. The van der Waals surface area contributed by atoms with Crippen LogP contribution >= 0.6 is 0 Å². The second kappa shape index (κ2) is 8.05. The van der Waals surface area contributed by atoms with Crippen molar-refractivity contribution in [2.24, 2.45) is 0 Å². The fraction of sp³-hybridized carbons (Fsp3) is 0.0417. The van der Waals surface area contributed by atoms with Crippen molar-refractivity contribution >= 4 is 11.9 Å². The molecule has 0 aliphatic heterocycles. The second-order valence-corrected chi connectivity index (χ2v) is 6.76. The lowest BCUT2D eigenvalue weighted by atomic mass is 9.95. The zero-order valence-corrected chi connectivity index (χ0v) is 15.8. The molecule has 4 aromatic rings. The van der Waals surface area contributed by atoms with Crippen LogP contribution in [0.25, 0.3) is 11.1 Å². The van der Waals surface area contributed by atoms with Crippen molar-refractivity contribution in [2.45, 2.75) is 6.04 Å². The molecule has 0 radical (unpaired) electrons. The molecule has 0 spiro atoms. The molecule has 4 rings (SSSR count). The van der Waals surface area contributed by atoms with Gasteiger partial charge in [0, 0.05) is 0 Å². The first-order chi connectivity index (χ1) is 14.6. The van der Waals surface area contributed by atoms with E-state index in [2.05, 4.69) is 4.98 Å². The molecule has 1 aromatic heterocycles. The number of carbonyl (C=O) groups is 2. The lowest BCUT2D eigenvalue weighted by molar-refractivity contribution is 0.0640. The Hall–Kier alpha value is -4.19. The van der Waals surface area contributed by atoms with E-state index in [0.29, 0.717) is 0 Å². The molecule has 0 amide bonds. The van der Waals surface area contributed by atoms with E-state index in [1.54, 1.807) is 0 Å². The minimum absolute atomic E-state index is 0.358. The summed E-state index contributed by atoms with van der Waals surface area (Å²) in [6, 6.07) is 26.5. The molecule has 148 valence electrons. The SMILES string of the molecule is O=C(O)c1ncn(C(c2ccccc2)c2ccc(-c3ccccc3)cc2)c1C(=O)O. The van der Waals surface area contributed by atoms with Crippen molar-refractivity contribution in [3.8, 4) is 11.1 Å². The summed E-state index contributed by atoms with van der Waals surface area (Å²) >= 11 is 0. The minimum Gasteiger partial charge on any atom is -0.476 e. The number of carboxylic acid groups (broad SMARTS) is 2. The maximum absolute atomic E-state index is 11.9. The topological polar surface area (TPSA) is 92.4 Å². The quantitative estimate of drug-likeness (QED) is 0.496. The van der Waals surface area contributed by atoms with Crippen molar-refractivity contribution in [3.05, 3.63) is 114 Å². The number of carboxylic acids is 2. The highest BCUT2D eigenvalue weighted by molar-refractivity contribution is 5.99. The van der Waals surface area contributed by atoms with Crippen LogP contribution in [0.2, 0.25) is 0 Å². The monoisotopic (exact) mass is 398 g/mol. The van der Waals surface area contributed by atoms with E-state index in [0.717, 1.165) is 22.3 Å². The molecule has 2 N–H and O–H groups in total. The number of hydrogen-bond acceptors (Lipinski definition) is 3. The standard InChI is InChI=1S/C24H18N2O4/c27-23(28)20-22(24(29)30)26(15-25-20)21(18-9-5-2-6-10-18)19-13-11-17(12-14-19)16-7-3-1-4-8-16/h1-15,21H,(H,27,28)(H,29,30). The molecule has 30 heavy (non-hydrogen) atoms. The molecule has 0 bridgehead atoms. The Morgan fingerprint density at radius 3 is 1.80 bits per heavy atom. The number of benzene rings is 3. The summed E-state index contributed by atoms with van der Waals surface area (Å²) < 4.78 is 1.40. The Balaban J connectivity index is 1.85. The average molecular weight is 398 g/mol. The van der Waals surface area contributed by atoms with E-state index in [1.165, 1.54) is 10.9 Å². The van der Waals surface area contributed by atoms with Gasteiger partial charge >= 0.3 is 11.9 Å². The van der Waals surface area contributed by atoms with Crippen LogP contribution in [0.5, 0.6) is 0 Å². The molecule has 1 atom stereocenters. The fourth-order valence-corrected chi connectivity index (χ4v) is 3.56. The predicted octanol–water partition coefficient (Wildman–Crippen LogP) is 4.58. The lowest BCUT2D eigenvalue weighted by Gasteiger charge is -2.21. The maximum Gasteiger partial charge on any atom is 0.357 e. The number of hydrogen-bond donors (Lipinski definition) is 2. The Morgan fingerprint density at radius 1 is 0.700 bits per heavy atom. The summed E-state index contributed by atoms with van der Waals surface area (Å²) in [5.41, 5.74) is 2.90. The zero-order chi connectivity index (χ0) is 21.1. The number of imidazole rings is 1. The van der Waals surface area contributed by atoms with Gasteiger partial charge in [-0.25, -0.2) is 14.6 Å². The van der Waals surface area contributed by atoms with Crippen LogP contribution in [-0.2, 0) is 0 Å². The summed E-state index contributed by atoms with van der Waals surface area (Å²) in [5, 5.41) is 19.1. The molecule has 0 aliphatic rings. The van der Waals surface area contributed by atoms with Crippen LogP contribution in [0.3, 0.4) is 0 Å². The molecular weight excluding hydrogens is 380 g/mol. The van der Waals surface area contributed by atoms with Gasteiger partial charge in [-0.05, 0) is 22.3 Å². The van der Waals surface area contributed by atoms with Crippen LogP contribution in [0.4, 0.5) is 0 Å². The Kier molecular flexibility index (Phi) is 5.13. The van der Waals surface area contributed by atoms with E-state index >= 15 is 0 Å². The highest BCUT2D eigenvalue weighted by Crippen LogP contribution is 2.31. The number of aromatic nitrogens is 2. The van der Waals surface area contributed by atoms with Gasteiger partial charge in [0.2, 0.25) is 0 Å². The van der Waals surface area contributed by atoms with Crippen LogP contribution in [0, 0.1) is 0 Å². The summed E-state index contributed by atoms with van der Waals surface area (Å²) in [7, 11) is 0. The normalized spacial score (nSPS) is 11.7. The molecule has 6 heteroatoms. The van der Waals surface area contributed by atoms with Crippen LogP contribution in [0.1, 0.15) is 38.1 Å². The van der Waals surface area contributed by atoms with Gasteiger partial charge < -0.3 is 14.8 Å². The molecule has 0 aliphatic carbocycles. The Morgan fingerprint density at radius 2 is 1.23 bits per heavy atom. The number of rotatable bonds is 6. The van der Waals surface area contributed by atoms with Crippen molar-refractivity contribution in [1.82, 2.24) is 9.55 Å². The number of nitrogens with zero attached hydrogens (tertiary/aromatic N) is 2. The largest absolute Gasteiger partial charge is 0.476 e. The summed E-state index contributed by atoms with van der Waals surface area (Å²) in [4.78, 5) is 27.2. The third-order valence-corrected chi connectivity index (χ3v) is 4.93. The third kappa shape index (κ3) is 3.58. The summed E-state index contributed by atoms with van der Waals surface area (Å²) in [6.45, 7) is 0. The average Bonchev–Trinajstić information content (AvgIpc) is 3.21. The van der Waals surface area contributed by atoms with E-state index in [1.807, 2.05) is 84.9 Å². The molecule has 0 saturated carbocycles. The van der Waals surface area contributed by atoms with Crippen molar-refractivity contribution in [2.75, 3.05) is 0 Å². The molecule has 6 nitrogen and oxygen atoms in total. The van der Waals surface area contributed by atoms with Crippen LogP contribution < -0.4 is 0 Å². The van der Waals surface area contributed by atoms with Crippen molar-refractivity contribution in [3.63, 3.8) is 0 Å². The van der Waals surface area contributed by atoms with Gasteiger partial charge in [0.15, 0.2) is 11.4 Å². The lowest BCUT2D eigenvalue weighted by Crippen LogP contribution is -2.19. The van der Waals surface area contributed by atoms with Gasteiger partial charge in [-0.2, -0.15) is 0 Å². The van der Waals surface area contributed by atoms with Gasteiger partial charge in [-0.3, -0.25) is 0 Å². The number of aromatic carboxylic acids is 2. The van der Waals surface area contributed by atoms with E-state index in [4.69, 9.17) is 0 Å². The smallest absolute Gasteiger partial charge is 0.357 e. The van der Waals surface area contributed by atoms with Crippen molar-refractivity contribution in [1.29, 1.82) is 0 Å². The summed E-state index contributed by atoms with van der Waals surface area (Å²) in [5.74, 6) is -2.72. The van der Waals surface area contributed by atoms with E-state index in [9.17, 15) is 19.8 Å². The minimum atomic E-state index is -1.38. The first-order valence-electron chi connectivity index (χ1n) is 9.30. The first-order valence-corrected chi connectivity index (χ1v) is 9.30. The second-order valence-electron chi connectivity index (χ2n) is 6.76. The molecule has 0 saturated heterocycles. The van der Waals surface area contributed by atoms with Gasteiger partial charge in [-0.15, -0.1) is 0 Å². The zero-order valence-electron chi connectivity index (χ0n) is 15.8. The fourth-order valence-electron chi connectivity index (χ4n) is 3.56. The van der Waals surface area contributed by atoms with Crippen molar-refractivity contribution < 1.29 is 19.8 Å². The highest BCUT2D eigenvalue weighted by atomic mass is 16.4. The molecule has 3 aromatic carbocycles.